The lowest BCUT2D eigenvalue weighted by molar-refractivity contribution is -0.125. The summed E-state index contributed by atoms with van der Waals surface area (Å²) in [6.45, 7) is 9.94. The van der Waals surface area contributed by atoms with E-state index in [2.05, 4.69) is 27.7 Å². The van der Waals surface area contributed by atoms with E-state index in [9.17, 15) is 0 Å². The molecule has 0 spiro atoms. The van der Waals surface area contributed by atoms with Crippen molar-refractivity contribution in [3.63, 3.8) is 0 Å². The van der Waals surface area contributed by atoms with Crippen LogP contribution >= 0.6 is 0 Å². The van der Waals surface area contributed by atoms with Gasteiger partial charge in [-0.2, -0.15) is 0 Å². The van der Waals surface area contributed by atoms with E-state index >= 15 is 0 Å². The molecule has 14 heavy (non-hydrogen) atoms. The minimum atomic E-state index is -0.126. The summed E-state index contributed by atoms with van der Waals surface area (Å²) in [5.41, 5.74) is -0.00396. The topological polar surface area (TPSA) is 18.5 Å². The van der Waals surface area contributed by atoms with Crippen molar-refractivity contribution in [2.45, 2.75) is 52.1 Å². The molecule has 0 saturated carbocycles. The van der Waals surface area contributed by atoms with Crippen molar-refractivity contribution in [3.05, 3.63) is 0 Å². The normalized spacial score (nSPS) is 23.7. The quantitative estimate of drug-likeness (QED) is 0.643. The van der Waals surface area contributed by atoms with Gasteiger partial charge in [0.15, 0.2) is 6.29 Å². The average Bonchev–Trinajstić information content (AvgIpc) is 2.54. The summed E-state index contributed by atoms with van der Waals surface area (Å²) in [4.78, 5) is 0. The first-order valence-electron chi connectivity index (χ1n) is 5.39. The Bertz CT molecular complexity index is 184. The van der Waals surface area contributed by atoms with E-state index in [1.54, 1.807) is 0 Å². The van der Waals surface area contributed by atoms with Gasteiger partial charge in [-0.1, -0.05) is 39.4 Å². The maximum Gasteiger partial charge on any atom is 0.162 e. The molecule has 80 valence electrons. The van der Waals surface area contributed by atoms with Crippen LogP contribution in [0.1, 0.15) is 40.5 Å². The predicted molar refractivity (Wildman–Crippen MR) is 58.5 cm³/mol. The zero-order valence-corrected chi connectivity index (χ0v) is 9.80. The second-order valence-electron chi connectivity index (χ2n) is 5.25. The van der Waals surface area contributed by atoms with Crippen LogP contribution in [0.4, 0.5) is 0 Å². The minimum absolute atomic E-state index is 0.00396. The van der Waals surface area contributed by atoms with Crippen LogP contribution in [0.2, 0.25) is 5.31 Å². The predicted octanol–water partition coefficient (Wildman–Crippen LogP) is 2.53. The molecule has 3 heteroatoms. The highest BCUT2D eigenvalue weighted by molar-refractivity contribution is 6.14. The van der Waals surface area contributed by atoms with E-state index in [4.69, 9.17) is 17.3 Å². The highest BCUT2D eigenvalue weighted by Crippen LogP contribution is 2.43. The van der Waals surface area contributed by atoms with E-state index in [0.29, 0.717) is 13.2 Å². The van der Waals surface area contributed by atoms with Gasteiger partial charge in [0.05, 0.1) is 21.1 Å². The van der Waals surface area contributed by atoms with Crippen LogP contribution in [0.3, 0.4) is 0 Å². The largest absolute Gasteiger partial charge is 0.350 e. The molecule has 0 aromatic heterocycles. The summed E-state index contributed by atoms with van der Waals surface area (Å²) >= 11 is 0. The first-order chi connectivity index (χ1) is 6.37. The molecular formula is C11H21BO2. The maximum atomic E-state index is 6.16. The van der Waals surface area contributed by atoms with Crippen molar-refractivity contribution in [3.8, 4) is 0 Å². The molecule has 0 amide bonds. The lowest BCUT2D eigenvalue weighted by Gasteiger charge is -2.37. The third kappa shape index (κ3) is 2.99. The minimum Gasteiger partial charge on any atom is -0.350 e. The van der Waals surface area contributed by atoms with Gasteiger partial charge >= 0.3 is 0 Å². The molecule has 1 aliphatic rings. The van der Waals surface area contributed by atoms with Crippen LogP contribution in [0.25, 0.3) is 0 Å². The molecule has 1 heterocycles. The summed E-state index contributed by atoms with van der Waals surface area (Å²) in [5.74, 6) is 0. The molecule has 0 aromatic carbocycles. The molecule has 1 saturated heterocycles. The standard InChI is InChI=1S/C11H21BO2/c1-5-11(4,12)8-10(2,3)9-13-6-7-14-9/h9H,5-8H2,1-4H3. The molecule has 0 aliphatic carbocycles. The fourth-order valence-electron chi connectivity index (χ4n) is 2.06. The first-order valence-corrected chi connectivity index (χ1v) is 5.39. The van der Waals surface area contributed by atoms with Crippen molar-refractivity contribution in [2.75, 3.05) is 13.2 Å². The lowest BCUT2D eigenvalue weighted by Crippen LogP contribution is -2.33. The number of ether oxygens (including phenoxy) is 2. The van der Waals surface area contributed by atoms with Crippen LogP contribution in [-0.2, 0) is 9.47 Å². The van der Waals surface area contributed by atoms with Gasteiger partial charge in [-0.3, -0.25) is 0 Å². The van der Waals surface area contributed by atoms with E-state index < -0.39 is 0 Å². The van der Waals surface area contributed by atoms with Crippen molar-refractivity contribution < 1.29 is 9.47 Å². The molecule has 1 fully saturated rings. The molecule has 0 aromatic rings. The highest BCUT2D eigenvalue weighted by atomic mass is 16.7. The Morgan fingerprint density at radius 3 is 2.14 bits per heavy atom. The summed E-state index contributed by atoms with van der Waals surface area (Å²) in [5, 5.41) is -0.126. The van der Waals surface area contributed by atoms with E-state index in [-0.39, 0.29) is 17.0 Å². The molecular weight excluding hydrogens is 175 g/mol. The fraction of sp³-hybridized carbons (Fsp3) is 1.00. The third-order valence-electron chi connectivity index (χ3n) is 2.93. The number of rotatable bonds is 4. The molecule has 1 unspecified atom stereocenters. The van der Waals surface area contributed by atoms with Gasteiger partial charge in [-0.15, -0.1) is 0 Å². The second kappa shape index (κ2) is 4.24. The van der Waals surface area contributed by atoms with Crippen LogP contribution in [0.5, 0.6) is 0 Å². The second-order valence-corrected chi connectivity index (χ2v) is 5.25. The van der Waals surface area contributed by atoms with E-state index in [1.807, 2.05) is 0 Å². The zero-order valence-electron chi connectivity index (χ0n) is 9.80. The molecule has 0 bridgehead atoms. The van der Waals surface area contributed by atoms with Crippen LogP contribution in [0, 0.1) is 5.41 Å². The van der Waals surface area contributed by atoms with Gasteiger partial charge < -0.3 is 9.47 Å². The van der Waals surface area contributed by atoms with Gasteiger partial charge in [-0.05, 0) is 6.42 Å². The third-order valence-corrected chi connectivity index (χ3v) is 2.93. The van der Waals surface area contributed by atoms with Crippen molar-refractivity contribution in [1.29, 1.82) is 0 Å². The van der Waals surface area contributed by atoms with Crippen molar-refractivity contribution in [1.82, 2.24) is 0 Å². The Balaban J connectivity index is 2.55. The monoisotopic (exact) mass is 196 g/mol. The molecule has 2 radical (unpaired) electrons. The van der Waals surface area contributed by atoms with Crippen LogP contribution in [0.15, 0.2) is 0 Å². The van der Waals surface area contributed by atoms with Gasteiger partial charge in [0.2, 0.25) is 0 Å². The Hall–Kier alpha value is -0.0151. The van der Waals surface area contributed by atoms with E-state index in [0.717, 1.165) is 12.8 Å². The maximum absolute atomic E-state index is 6.16. The molecule has 0 N–H and O–H groups in total. The van der Waals surface area contributed by atoms with Gasteiger partial charge in [-0.25, -0.2) is 0 Å². The fourth-order valence-corrected chi connectivity index (χ4v) is 2.06. The lowest BCUT2D eigenvalue weighted by atomic mass is 9.60. The molecule has 1 aliphatic heterocycles. The average molecular weight is 196 g/mol. The van der Waals surface area contributed by atoms with Gasteiger partial charge in [0, 0.05) is 5.41 Å². The van der Waals surface area contributed by atoms with Crippen molar-refractivity contribution in [2.24, 2.45) is 5.41 Å². The first kappa shape index (κ1) is 12.1. The summed E-state index contributed by atoms with van der Waals surface area (Å²) in [6, 6.07) is 0. The molecule has 2 nitrogen and oxygen atoms in total. The van der Waals surface area contributed by atoms with Gasteiger partial charge in [0.1, 0.15) is 0 Å². The molecule has 1 atom stereocenters. The number of hydrogen-bond acceptors (Lipinski definition) is 2. The van der Waals surface area contributed by atoms with Crippen LogP contribution < -0.4 is 0 Å². The van der Waals surface area contributed by atoms with E-state index in [1.165, 1.54) is 0 Å². The Labute approximate surface area is 88.8 Å². The number of hydrogen-bond donors (Lipinski definition) is 0. The highest BCUT2D eigenvalue weighted by Gasteiger charge is 2.37. The summed E-state index contributed by atoms with van der Waals surface area (Å²) in [6.07, 6.45) is 1.81. The Morgan fingerprint density at radius 2 is 1.71 bits per heavy atom. The summed E-state index contributed by atoms with van der Waals surface area (Å²) < 4.78 is 11.1. The SMILES string of the molecule is [B]C(C)(CC)CC(C)(C)C1OCCO1. The smallest absolute Gasteiger partial charge is 0.162 e. The zero-order chi connectivity index (χ0) is 10.8. The van der Waals surface area contributed by atoms with Crippen molar-refractivity contribution >= 4 is 7.85 Å². The Morgan fingerprint density at radius 1 is 1.21 bits per heavy atom. The van der Waals surface area contributed by atoms with Crippen LogP contribution in [-0.4, -0.2) is 27.4 Å². The summed E-state index contributed by atoms with van der Waals surface area (Å²) in [7, 11) is 6.16. The van der Waals surface area contributed by atoms with Gasteiger partial charge in [0.25, 0.3) is 0 Å². The Kier molecular flexibility index (Phi) is 3.65. The molecule has 1 rings (SSSR count).